The Hall–Kier alpha value is -1.13. The van der Waals surface area contributed by atoms with Crippen LogP contribution in [0.25, 0.3) is 11.4 Å². The number of aromatic nitrogens is 4. The van der Waals surface area contributed by atoms with Gasteiger partial charge in [-0.1, -0.05) is 24.3 Å². The van der Waals surface area contributed by atoms with E-state index >= 15 is 0 Å². The maximum absolute atomic E-state index is 11.9. The molecule has 0 bridgehead atoms. The number of hydrogen-bond donors (Lipinski definition) is 2. The molecule has 1 fully saturated rings. The number of H-pyrrole nitrogens is 1. The number of benzene rings is 1. The van der Waals surface area contributed by atoms with Crippen molar-refractivity contribution in [2.75, 3.05) is 6.54 Å². The second-order valence-electron chi connectivity index (χ2n) is 4.41. The Balaban J connectivity index is 0.00000161. The van der Waals surface area contributed by atoms with E-state index in [9.17, 15) is 9.59 Å². The van der Waals surface area contributed by atoms with Gasteiger partial charge in [0.25, 0.3) is 0 Å². The monoisotopic (exact) mass is 312 g/mol. The first-order valence-corrected chi connectivity index (χ1v) is 6.16. The van der Waals surface area contributed by atoms with Gasteiger partial charge in [-0.3, -0.25) is 20.0 Å². The van der Waals surface area contributed by atoms with Crippen molar-refractivity contribution in [1.82, 2.24) is 31.1 Å². The molecule has 8 nitrogen and oxygen atoms in total. The van der Waals surface area contributed by atoms with E-state index in [2.05, 4.69) is 26.0 Å². The van der Waals surface area contributed by atoms with Crippen LogP contribution in [-0.2, 0) is 16.0 Å². The SMILES string of the molecule is O=C(Cc1ccccc1-c1nnn[nH]1)NN1CCC1=O.[KH]. The summed E-state index contributed by atoms with van der Waals surface area (Å²) in [4.78, 5) is 23.1. The molecule has 0 saturated carbocycles. The number of aromatic amines is 1. The van der Waals surface area contributed by atoms with Crippen LogP contribution in [0.1, 0.15) is 12.0 Å². The number of carbonyl (C=O) groups excluding carboxylic acids is 2. The summed E-state index contributed by atoms with van der Waals surface area (Å²) in [7, 11) is 0. The van der Waals surface area contributed by atoms with Gasteiger partial charge in [-0.25, -0.2) is 5.10 Å². The predicted octanol–water partition coefficient (Wildman–Crippen LogP) is -0.976. The number of hydrogen-bond acceptors (Lipinski definition) is 5. The molecule has 1 aromatic heterocycles. The third-order valence-electron chi connectivity index (χ3n) is 3.08. The number of hydrazine groups is 1. The molecule has 2 heterocycles. The Morgan fingerprint density at radius 3 is 2.81 bits per heavy atom. The van der Waals surface area contributed by atoms with E-state index in [0.29, 0.717) is 18.8 Å². The van der Waals surface area contributed by atoms with E-state index in [4.69, 9.17) is 0 Å². The Kier molecular flexibility index (Phi) is 5.59. The summed E-state index contributed by atoms with van der Waals surface area (Å²) in [5, 5.41) is 14.9. The third-order valence-corrected chi connectivity index (χ3v) is 3.08. The number of tetrazole rings is 1. The standard InChI is InChI=1S/C12H12N6O2.K.H/c19-10(15-18-6-5-11(18)20)7-8-3-1-2-4-9(8)12-13-16-17-14-12;;/h1-4H,5-7H2,(H,15,19)(H,13,14,16,17);;. The summed E-state index contributed by atoms with van der Waals surface area (Å²) in [5.41, 5.74) is 4.12. The zero-order valence-electron chi connectivity index (χ0n) is 10.5. The average molecular weight is 312 g/mol. The fraction of sp³-hybridized carbons (Fsp3) is 0.250. The van der Waals surface area contributed by atoms with Crippen molar-refractivity contribution in [3.8, 4) is 11.4 Å². The summed E-state index contributed by atoms with van der Waals surface area (Å²) in [5.74, 6) is 0.206. The first-order chi connectivity index (χ1) is 9.74. The average Bonchev–Trinajstić information content (AvgIpc) is 2.98. The number of amides is 2. The first kappa shape index (κ1) is 16.2. The topological polar surface area (TPSA) is 104 Å². The zero-order chi connectivity index (χ0) is 13.9. The van der Waals surface area contributed by atoms with Crippen molar-refractivity contribution >= 4 is 63.2 Å². The van der Waals surface area contributed by atoms with Crippen LogP contribution in [-0.4, -0.2) is 95.4 Å². The van der Waals surface area contributed by atoms with Crippen molar-refractivity contribution in [2.45, 2.75) is 12.8 Å². The van der Waals surface area contributed by atoms with Crippen LogP contribution in [0.3, 0.4) is 0 Å². The second-order valence-corrected chi connectivity index (χ2v) is 4.41. The Bertz CT molecular complexity index is 645. The van der Waals surface area contributed by atoms with Gasteiger partial charge in [-0.15, -0.1) is 5.10 Å². The van der Waals surface area contributed by atoms with Crippen LogP contribution in [0.2, 0.25) is 0 Å². The van der Waals surface area contributed by atoms with E-state index in [-0.39, 0.29) is 69.6 Å². The van der Waals surface area contributed by atoms with Crippen molar-refractivity contribution in [3.05, 3.63) is 29.8 Å². The van der Waals surface area contributed by atoms with Gasteiger partial charge in [0.1, 0.15) is 0 Å². The Labute approximate surface area is 163 Å². The molecule has 1 aromatic carbocycles. The number of β-lactam (4-membered cyclic amide) rings is 1. The van der Waals surface area contributed by atoms with Crippen LogP contribution < -0.4 is 5.43 Å². The van der Waals surface area contributed by atoms with E-state index in [1.165, 1.54) is 5.01 Å². The molecule has 1 aliphatic rings. The number of nitrogens with zero attached hydrogens (tertiary/aromatic N) is 4. The molecule has 0 aliphatic carbocycles. The fourth-order valence-corrected chi connectivity index (χ4v) is 1.97. The van der Waals surface area contributed by atoms with Gasteiger partial charge in [0, 0.05) is 12.0 Å². The summed E-state index contributed by atoms with van der Waals surface area (Å²) < 4.78 is 0. The van der Waals surface area contributed by atoms with Crippen LogP contribution in [0.5, 0.6) is 0 Å². The number of rotatable bonds is 4. The Morgan fingerprint density at radius 2 is 2.19 bits per heavy atom. The van der Waals surface area contributed by atoms with Crippen LogP contribution in [0.15, 0.2) is 24.3 Å². The van der Waals surface area contributed by atoms with E-state index in [0.717, 1.165) is 11.1 Å². The van der Waals surface area contributed by atoms with E-state index < -0.39 is 0 Å². The predicted molar refractivity (Wildman–Crippen MR) is 74.9 cm³/mol. The second kappa shape index (κ2) is 7.23. The van der Waals surface area contributed by atoms with Gasteiger partial charge in [-0.2, -0.15) is 0 Å². The third kappa shape index (κ3) is 3.74. The van der Waals surface area contributed by atoms with Crippen LogP contribution in [0.4, 0.5) is 0 Å². The van der Waals surface area contributed by atoms with Gasteiger partial charge in [0.2, 0.25) is 11.8 Å². The molecule has 21 heavy (non-hydrogen) atoms. The molecule has 1 saturated heterocycles. The molecular weight excluding hydrogens is 299 g/mol. The minimum atomic E-state index is -0.238. The molecule has 1 aliphatic heterocycles. The molecule has 2 N–H and O–H groups in total. The van der Waals surface area contributed by atoms with Gasteiger partial charge < -0.3 is 0 Å². The van der Waals surface area contributed by atoms with E-state index in [1.54, 1.807) is 0 Å². The quantitative estimate of drug-likeness (QED) is 0.558. The van der Waals surface area contributed by atoms with Crippen molar-refractivity contribution < 1.29 is 9.59 Å². The molecule has 0 atom stereocenters. The number of carbonyl (C=O) groups is 2. The molecule has 9 heteroatoms. The molecular formula is C12H13KN6O2. The Morgan fingerprint density at radius 1 is 1.38 bits per heavy atom. The summed E-state index contributed by atoms with van der Waals surface area (Å²) in [6.07, 6.45) is 0.640. The zero-order valence-corrected chi connectivity index (χ0v) is 10.5. The molecule has 2 amide bonds. The van der Waals surface area contributed by atoms with Gasteiger partial charge in [0.15, 0.2) is 5.82 Å². The van der Waals surface area contributed by atoms with Gasteiger partial charge in [-0.05, 0) is 16.0 Å². The molecule has 2 aromatic rings. The summed E-state index contributed by atoms with van der Waals surface area (Å²) in [6.45, 7) is 0.568. The fourth-order valence-electron chi connectivity index (χ4n) is 1.97. The number of nitrogens with one attached hydrogen (secondary N) is 2. The summed E-state index contributed by atoms with van der Waals surface area (Å²) >= 11 is 0. The summed E-state index contributed by atoms with van der Waals surface area (Å²) in [6, 6.07) is 7.35. The molecule has 3 rings (SSSR count). The van der Waals surface area contributed by atoms with Crippen LogP contribution in [0, 0.1) is 0 Å². The van der Waals surface area contributed by atoms with E-state index in [1.807, 2.05) is 24.3 Å². The van der Waals surface area contributed by atoms with Crippen molar-refractivity contribution in [2.24, 2.45) is 0 Å². The first-order valence-electron chi connectivity index (χ1n) is 6.16. The molecule has 104 valence electrons. The van der Waals surface area contributed by atoms with Crippen molar-refractivity contribution in [1.29, 1.82) is 0 Å². The van der Waals surface area contributed by atoms with Gasteiger partial charge in [0.05, 0.1) is 13.0 Å². The minimum absolute atomic E-state index is 0. The van der Waals surface area contributed by atoms with Gasteiger partial charge >= 0.3 is 51.4 Å². The molecule has 0 spiro atoms. The van der Waals surface area contributed by atoms with Crippen LogP contribution >= 0.6 is 0 Å². The normalized spacial score (nSPS) is 13.3. The van der Waals surface area contributed by atoms with Crippen molar-refractivity contribution in [3.63, 3.8) is 0 Å². The molecule has 0 unspecified atom stereocenters. The maximum atomic E-state index is 11.9. The molecule has 0 radical (unpaired) electrons.